The van der Waals surface area contributed by atoms with Gasteiger partial charge in [-0.15, -0.1) is 0 Å². The van der Waals surface area contributed by atoms with E-state index in [1.807, 2.05) is 24.3 Å². The van der Waals surface area contributed by atoms with Gasteiger partial charge in [-0.2, -0.15) is 0 Å². The predicted octanol–water partition coefficient (Wildman–Crippen LogP) is 1.39. The highest BCUT2D eigenvalue weighted by Gasteiger charge is 2.44. The summed E-state index contributed by atoms with van der Waals surface area (Å²) >= 11 is 0. The lowest BCUT2D eigenvalue weighted by atomic mass is 9.88. The number of hydrogen-bond acceptors (Lipinski definition) is 3. The fraction of sp³-hybridized carbons (Fsp3) is 0.500. The monoisotopic (exact) mass is 288 g/mol. The molecule has 2 aliphatic rings. The van der Waals surface area contributed by atoms with Crippen molar-refractivity contribution in [3.05, 3.63) is 35.4 Å². The first-order valence-corrected chi connectivity index (χ1v) is 7.46. The zero-order valence-electron chi connectivity index (χ0n) is 11.9. The molecule has 5 heteroatoms. The van der Waals surface area contributed by atoms with Gasteiger partial charge in [0.25, 0.3) is 0 Å². The molecule has 5 nitrogen and oxygen atoms in total. The Bertz CT molecular complexity index is 564. The maximum atomic E-state index is 12.6. The molecule has 0 spiro atoms. The first-order chi connectivity index (χ1) is 10.1. The molecule has 3 rings (SSSR count). The molecule has 0 saturated heterocycles. The lowest BCUT2D eigenvalue weighted by Crippen LogP contribution is -2.55. The molecule has 1 aromatic rings. The number of amides is 1. The van der Waals surface area contributed by atoms with Gasteiger partial charge in [-0.1, -0.05) is 37.1 Å². The van der Waals surface area contributed by atoms with E-state index in [2.05, 4.69) is 10.6 Å². The lowest BCUT2D eigenvalue weighted by Gasteiger charge is -2.31. The summed E-state index contributed by atoms with van der Waals surface area (Å²) in [6.45, 7) is 1.31. The highest BCUT2D eigenvalue weighted by molar-refractivity contribution is 5.91. The summed E-state index contributed by atoms with van der Waals surface area (Å²) in [4.78, 5) is 24.2. The summed E-state index contributed by atoms with van der Waals surface area (Å²) in [6.07, 6.45) is 2.75. The SMILES string of the molecule is O=C(NC1(C(=O)O)CCCC1)C1CNCc2ccccc21. The van der Waals surface area contributed by atoms with E-state index in [0.717, 1.165) is 30.5 Å². The van der Waals surface area contributed by atoms with Crippen LogP contribution in [0.4, 0.5) is 0 Å². The molecule has 1 saturated carbocycles. The van der Waals surface area contributed by atoms with Gasteiger partial charge >= 0.3 is 5.97 Å². The maximum absolute atomic E-state index is 12.6. The van der Waals surface area contributed by atoms with Crippen molar-refractivity contribution in [1.82, 2.24) is 10.6 Å². The Morgan fingerprint density at radius 3 is 2.67 bits per heavy atom. The Hall–Kier alpha value is -1.88. The van der Waals surface area contributed by atoms with Gasteiger partial charge in [0.15, 0.2) is 0 Å². The molecule has 0 bridgehead atoms. The number of carbonyl (C=O) groups excluding carboxylic acids is 1. The summed E-state index contributed by atoms with van der Waals surface area (Å²) in [5.74, 6) is -1.41. The second kappa shape index (κ2) is 5.48. The fourth-order valence-corrected chi connectivity index (χ4v) is 3.42. The molecule has 0 aromatic heterocycles. The third-order valence-electron chi connectivity index (χ3n) is 4.64. The van der Waals surface area contributed by atoms with Crippen molar-refractivity contribution < 1.29 is 14.7 Å². The molecule has 1 aliphatic carbocycles. The molecule has 0 radical (unpaired) electrons. The number of fused-ring (bicyclic) bond motifs is 1. The minimum atomic E-state index is -1.07. The molecule has 112 valence electrons. The van der Waals surface area contributed by atoms with Gasteiger partial charge in [-0.05, 0) is 24.0 Å². The highest BCUT2D eigenvalue weighted by Crippen LogP contribution is 2.32. The molecule has 3 N–H and O–H groups in total. The first kappa shape index (κ1) is 14.1. The van der Waals surface area contributed by atoms with Gasteiger partial charge < -0.3 is 15.7 Å². The Balaban J connectivity index is 1.82. The average Bonchev–Trinajstić information content (AvgIpc) is 2.96. The first-order valence-electron chi connectivity index (χ1n) is 7.46. The van der Waals surface area contributed by atoms with Crippen LogP contribution in [0, 0.1) is 0 Å². The summed E-state index contributed by atoms with van der Waals surface area (Å²) < 4.78 is 0. The number of carboxylic acid groups (broad SMARTS) is 1. The van der Waals surface area contributed by atoms with Crippen molar-refractivity contribution in [1.29, 1.82) is 0 Å². The summed E-state index contributed by atoms with van der Waals surface area (Å²) in [5.41, 5.74) is 1.05. The highest BCUT2D eigenvalue weighted by atomic mass is 16.4. The number of carboxylic acids is 1. The average molecular weight is 288 g/mol. The molecule has 1 atom stereocenters. The Labute approximate surface area is 123 Å². The molecular weight excluding hydrogens is 268 g/mol. The van der Waals surface area contributed by atoms with Crippen LogP contribution in [-0.4, -0.2) is 29.1 Å². The van der Waals surface area contributed by atoms with Crippen molar-refractivity contribution in [3.8, 4) is 0 Å². The van der Waals surface area contributed by atoms with Crippen LogP contribution in [0.5, 0.6) is 0 Å². The van der Waals surface area contributed by atoms with Crippen LogP contribution in [0.2, 0.25) is 0 Å². The Morgan fingerprint density at radius 2 is 1.95 bits per heavy atom. The van der Waals surface area contributed by atoms with Gasteiger partial charge in [-0.25, -0.2) is 4.79 Å². The van der Waals surface area contributed by atoms with Crippen molar-refractivity contribution in [3.63, 3.8) is 0 Å². The summed E-state index contributed by atoms with van der Waals surface area (Å²) in [5, 5.41) is 15.5. The maximum Gasteiger partial charge on any atom is 0.329 e. The van der Waals surface area contributed by atoms with E-state index in [4.69, 9.17) is 0 Å². The van der Waals surface area contributed by atoms with Gasteiger partial charge in [0, 0.05) is 13.1 Å². The molecule has 1 heterocycles. The minimum absolute atomic E-state index is 0.182. The number of rotatable bonds is 3. The van der Waals surface area contributed by atoms with Gasteiger partial charge in [0.05, 0.1) is 5.92 Å². The van der Waals surface area contributed by atoms with E-state index in [-0.39, 0.29) is 11.8 Å². The number of hydrogen-bond donors (Lipinski definition) is 3. The van der Waals surface area contributed by atoms with E-state index >= 15 is 0 Å². The van der Waals surface area contributed by atoms with E-state index in [9.17, 15) is 14.7 Å². The van der Waals surface area contributed by atoms with Crippen LogP contribution in [0.3, 0.4) is 0 Å². The number of aliphatic carboxylic acids is 1. The van der Waals surface area contributed by atoms with Crippen LogP contribution >= 0.6 is 0 Å². The van der Waals surface area contributed by atoms with Crippen molar-refractivity contribution in [2.45, 2.75) is 43.7 Å². The number of nitrogens with one attached hydrogen (secondary N) is 2. The van der Waals surface area contributed by atoms with Crippen LogP contribution < -0.4 is 10.6 Å². The van der Waals surface area contributed by atoms with E-state index in [1.54, 1.807) is 0 Å². The minimum Gasteiger partial charge on any atom is -0.480 e. The second-order valence-corrected chi connectivity index (χ2v) is 5.97. The van der Waals surface area contributed by atoms with Crippen LogP contribution in [-0.2, 0) is 16.1 Å². The van der Waals surface area contributed by atoms with Gasteiger partial charge in [0.2, 0.25) is 5.91 Å². The van der Waals surface area contributed by atoms with Crippen molar-refractivity contribution in [2.24, 2.45) is 0 Å². The fourth-order valence-electron chi connectivity index (χ4n) is 3.42. The standard InChI is InChI=1S/C16H20N2O3/c19-14(18-16(15(20)21)7-3-4-8-16)13-10-17-9-11-5-1-2-6-12(11)13/h1-2,5-6,13,17H,3-4,7-10H2,(H,18,19)(H,20,21). The largest absolute Gasteiger partial charge is 0.480 e. The second-order valence-electron chi connectivity index (χ2n) is 5.97. The Kier molecular flexibility index (Phi) is 3.68. The summed E-state index contributed by atoms with van der Waals surface area (Å²) in [7, 11) is 0. The lowest BCUT2D eigenvalue weighted by molar-refractivity contribution is -0.147. The van der Waals surface area contributed by atoms with E-state index in [1.165, 1.54) is 0 Å². The van der Waals surface area contributed by atoms with Gasteiger partial charge in [-0.3, -0.25) is 4.79 Å². The van der Waals surface area contributed by atoms with E-state index < -0.39 is 11.5 Å². The van der Waals surface area contributed by atoms with Crippen molar-refractivity contribution in [2.75, 3.05) is 6.54 Å². The topological polar surface area (TPSA) is 78.4 Å². The predicted molar refractivity (Wildman–Crippen MR) is 77.9 cm³/mol. The number of benzene rings is 1. The van der Waals surface area contributed by atoms with Crippen molar-refractivity contribution >= 4 is 11.9 Å². The third-order valence-corrected chi connectivity index (χ3v) is 4.64. The molecule has 1 fully saturated rings. The molecular formula is C16H20N2O3. The smallest absolute Gasteiger partial charge is 0.329 e. The van der Waals surface area contributed by atoms with Crippen LogP contribution in [0.1, 0.15) is 42.7 Å². The summed E-state index contributed by atoms with van der Waals surface area (Å²) in [6, 6.07) is 7.84. The zero-order chi connectivity index (χ0) is 14.9. The molecule has 21 heavy (non-hydrogen) atoms. The Morgan fingerprint density at radius 1 is 1.24 bits per heavy atom. The molecule has 1 amide bonds. The molecule has 1 unspecified atom stereocenters. The number of carbonyl (C=O) groups is 2. The van der Waals surface area contributed by atoms with Crippen LogP contribution in [0.15, 0.2) is 24.3 Å². The van der Waals surface area contributed by atoms with Crippen LogP contribution in [0.25, 0.3) is 0 Å². The zero-order valence-corrected chi connectivity index (χ0v) is 11.9. The normalized spacial score (nSPS) is 23.3. The van der Waals surface area contributed by atoms with E-state index in [0.29, 0.717) is 19.4 Å². The quantitative estimate of drug-likeness (QED) is 0.785. The third kappa shape index (κ3) is 2.53. The van der Waals surface area contributed by atoms with Gasteiger partial charge in [0.1, 0.15) is 5.54 Å². The molecule has 1 aliphatic heterocycles. The molecule has 1 aromatic carbocycles.